The third-order valence-electron chi connectivity index (χ3n) is 5.10. The SMILES string of the molecule is CC(C)(CO)CCCCN(CCCCC(C)(C)CO)OC(=O)c1ccccc1. The van der Waals surface area contributed by atoms with Gasteiger partial charge in [-0.2, -0.15) is 0 Å². The minimum Gasteiger partial charge on any atom is -0.396 e. The Labute approximate surface area is 170 Å². The number of hydroxylamine groups is 2. The van der Waals surface area contributed by atoms with Crippen LogP contribution in [-0.4, -0.2) is 47.5 Å². The molecule has 1 aromatic rings. The monoisotopic (exact) mass is 393 g/mol. The van der Waals surface area contributed by atoms with Gasteiger partial charge in [-0.3, -0.25) is 0 Å². The van der Waals surface area contributed by atoms with Crippen molar-refractivity contribution in [3.05, 3.63) is 35.9 Å². The highest BCUT2D eigenvalue weighted by Gasteiger charge is 2.19. The van der Waals surface area contributed by atoms with Crippen molar-refractivity contribution in [1.29, 1.82) is 0 Å². The van der Waals surface area contributed by atoms with Crippen LogP contribution in [0.5, 0.6) is 0 Å². The number of benzene rings is 1. The summed E-state index contributed by atoms with van der Waals surface area (Å²) >= 11 is 0. The first kappa shape index (κ1) is 24.6. The second-order valence-electron chi connectivity index (χ2n) is 9.23. The molecule has 28 heavy (non-hydrogen) atoms. The zero-order chi connectivity index (χ0) is 21.0. The lowest BCUT2D eigenvalue weighted by Crippen LogP contribution is -2.30. The Kier molecular flexibility index (Phi) is 10.7. The molecule has 0 unspecified atom stereocenters. The molecule has 5 heteroatoms. The van der Waals surface area contributed by atoms with Gasteiger partial charge in [0.2, 0.25) is 0 Å². The summed E-state index contributed by atoms with van der Waals surface area (Å²) in [6, 6.07) is 9.05. The lowest BCUT2D eigenvalue weighted by atomic mass is 9.88. The van der Waals surface area contributed by atoms with E-state index in [1.807, 2.05) is 18.2 Å². The van der Waals surface area contributed by atoms with E-state index in [1.54, 1.807) is 17.2 Å². The molecule has 1 aromatic carbocycles. The van der Waals surface area contributed by atoms with E-state index in [2.05, 4.69) is 27.7 Å². The van der Waals surface area contributed by atoms with Crippen molar-refractivity contribution in [3.8, 4) is 0 Å². The lowest BCUT2D eigenvalue weighted by molar-refractivity contribution is -0.111. The van der Waals surface area contributed by atoms with Crippen molar-refractivity contribution < 1.29 is 19.8 Å². The number of hydrogen-bond donors (Lipinski definition) is 2. The zero-order valence-electron chi connectivity index (χ0n) is 18.1. The molecule has 0 bridgehead atoms. The van der Waals surface area contributed by atoms with Crippen LogP contribution >= 0.6 is 0 Å². The number of carbonyl (C=O) groups excluding carboxylic acids is 1. The Bertz CT molecular complexity index is 533. The van der Waals surface area contributed by atoms with E-state index in [4.69, 9.17) is 4.84 Å². The molecule has 0 amide bonds. The fourth-order valence-electron chi connectivity index (χ4n) is 2.89. The molecule has 1 rings (SSSR count). The largest absolute Gasteiger partial charge is 0.396 e. The molecular weight excluding hydrogens is 354 g/mol. The highest BCUT2D eigenvalue weighted by Crippen LogP contribution is 2.23. The van der Waals surface area contributed by atoms with E-state index in [0.29, 0.717) is 18.7 Å². The lowest BCUT2D eigenvalue weighted by Gasteiger charge is -2.25. The van der Waals surface area contributed by atoms with E-state index in [9.17, 15) is 15.0 Å². The van der Waals surface area contributed by atoms with Crippen LogP contribution in [0.4, 0.5) is 0 Å². The minimum absolute atomic E-state index is 0.0680. The molecule has 0 saturated heterocycles. The number of carbonyl (C=O) groups is 1. The fraction of sp³-hybridized carbons (Fsp3) is 0.696. The van der Waals surface area contributed by atoms with Crippen LogP contribution in [-0.2, 0) is 4.84 Å². The Balaban J connectivity index is 2.52. The number of rotatable bonds is 14. The normalized spacial score (nSPS) is 12.4. The molecule has 2 N–H and O–H groups in total. The number of hydrogen-bond acceptors (Lipinski definition) is 5. The number of nitrogens with zero attached hydrogens (tertiary/aromatic N) is 1. The minimum atomic E-state index is -0.327. The van der Waals surface area contributed by atoms with Gasteiger partial charge in [0.15, 0.2) is 0 Å². The van der Waals surface area contributed by atoms with Crippen molar-refractivity contribution in [2.45, 2.75) is 66.2 Å². The molecular formula is C23H39NO4. The zero-order valence-corrected chi connectivity index (χ0v) is 18.1. The summed E-state index contributed by atoms with van der Waals surface area (Å²) in [6.45, 7) is 9.96. The predicted molar refractivity (Wildman–Crippen MR) is 113 cm³/mol. The molecule has 0 saturated carbocycles. The van der Waals surface area contributed by atoms with E-state index in [1.165, 1.54) is 0 Å². The third kappa shape index (κ3) is 10.2. The summed E-state index contributed by atoms with van der Waals surface area (Å²) in [6.07, 6.45) is 5.65. The second kappa shape index (κ2) is 12.2. The van der Waals surface area contributed by atoms with Crippen LogP contribution in [0.1, 0.15) is 76.6 Å². The van der Waals surface area contributed by atoms with Crippen molar-refractivity contribution in [2.75, 3.05) is 26.3 Å². The summed E-state index contributed by atoms with van der Waals surface area (Å²) < 4.78 is 0. The molecule has 0 aliphatic rings. The first-order valence-corrected chi connectivity index (χ1v) is 10.4. The third-order valence-corrected chi connectivity index (χ3v) is 5.10. The average molecular weight is 394 g/mol. The number of aliphatic hydroxyl groups excluding tert-OH is 2. The smallest absolute Gasteiger partial charge is 0.357 e. The van der Waals surface area contributed by atoms with Gasteiger partial charge in [0.25, 0.3) is 0 Å². The maximum absolute atomic E-state index is 12.4. The van der Waals surface area contributed by atoms with Crippen LogP contribution in [0.2, 0.25) is 0 Å². The summed E-state index contributed by atoms with van der Waals surface area (Å²) in [7, 11) is 0. The van der Waals surface area contributed by atoms with Gasteiger partial charge < -0.3 is 15.1 Å². The van der Waals surface area contributed by atoms with Crippen molar-refractivity contribution in [3.63, 3.8) is 0 Å². The highest BCUT2D eigenvalue weighted by molar-refractivity contribution is 5.89. The molecule has 0 aromatic heterocycles. The molecule has 0 spiro atoms. The Morgan fingerprint density at radius 1 is 0.857 bits per heavy atom. The van der Waals surface area contributed by atoms with Crippen molar-refractivity contribution in [1.82, 2.24) is 5.06 Å². The average Bonchev–Trinajstić information content (AvgIpc) is 2.68. The van der Waals surface area contributed by atoms with Crippen molar-refractivity contribution in [2.24, 2.45) is 10.8 Å². The molecule has 0 aliphatic carbocycles. The fourth-order valence-corrected chi connectivity index (χ4v) is 2.89. The maximum atomic E-state index is 12.4. The summed E-state index contributed by atoms with van der Waals surface area (Å²) in [4.78, 5) is 18.1. The highest BCUT2D eigenvalue weighted by atomic mass is 16.7. The second-order valence-corrected chi connectivity index (χ2v) is 9.23. The molecule has 0 heterocycles. The Hall–Kier alpha value is -1.43. The number of aliphatic hydroxyl groups is 2. The Morgan fingerprint density at radius 3 is 1.75 bits per heavy atom. The van der Waals surface area contributed by atoms with E-state index < -0.39 is 0 Å². The van der Waals surface area contributed by atoms with E-state index >= 15 is 0 Å². The predicted octanol–water partition coefficient (Wildman–Crippen LogP) is 4.44. The van der Waals surface area contributed by atoms with Gasteiger partial charge in [-0.05, 0) is 48.6 Å². The first-order valence-electron chi connectivity index (χ1n) is 10.4. The topological polar surface area (TPSA) is 70.0 Å². The van der Waals surface area contributed by atoms with Crippen LogP contribution in [0, 0.1) is 10.8 Å². The quantitative estimate of drug-likeness (QED) is 0.361. The van der Waals surface area contributed by atoms with Gasteiger partial charge >= 0.3 is 5.97 Å². The molecule has 0 atom stereocenters. The van der Waals surface area contributed by atoms with Gasteiger partial charge in [0.05, 0.1) is 5.56 Å². The van der Waals surface area contributed by atoms with Gasteiger partial charge in [0, 0.05) is 26.3 Å². The van der Waals surface area contributed by atoms with E-state index in [-0.39, 0.29) is 30.0 Å². The Morgan fingerprint density at radius 2 is 1.32 bits per heavy atom. The standard InChI is InChI=1S/C23H39NO4/c1-22(2,18-25)14-8-10-16-24(17-11-9-15-23(3,4)19-26)28-21(27)20-12-6-5-7-13-20/h5-7,12-13,25-26H,8-11,14-19H2,1-4H3. The molecule has 0 fully saturated rings. The van der Waals surface area contributed by atoms with Gasteiger partial charge in [0.1, 0.15) is 0 Å². The molecule has 0 radical (unpaired) electrons. The summed E-state index contributed by atoms with van der Waals surface area (Å²) in [5.74, 6) is -0.327. The molecule has 160 valence electrons. The van der Waals surface area contributed by atoms with Gasteiger partial charge in [-0.15, -0.1) is 5.06 Å². The molecule has 5 nitrogen and oxygen atoms in total. The van der Waals surface area contributed by atoms with Crippen LogP contribution in [0.3, 0.4) is 0 Å². The number of unbranched alkanes of at least 4 members (excludes halogenated alkanes) is 2. The van der Waals surface area contributed by atoms with Crippen LogP contribution in [0.25, 0.3) is 0 Å². The van der Waals surface area contributed by atoms with Gasteiger partial charge in [-0.25, -0.2) is 4.79 Å². The summed E-state index contributed by atoms with van der Waals surface area (Å²) in [5, 5.41) is 20.5. The molecule has 0 aliphatic heterocycles. The maximum Gasteiger partial charge on any atom is 0.357 e. The van der Waals surface area contributed by atoms with Crippen molar-refractivity contribution >= 4 is 5.97 Å². The first-order chi connectivity index (χ1) is 13.2. The van der Waals surface area contributed by atoms with Gasteiger partial charge in [-0.1, -0.05) is 58.7 Å². The van der Waals surface area contributed by atoms with E-state index in [0.717, 1.165) is 38.5 Å². The van der Waals surface area contributed by atoms with Crippen LogP contribution < -0.4 is 0 Å². The van der Waals surface area contributed by atoms with Crippen LogP contribution in [0.15, 0.2) is 30.3 Å². The summed E-state index contributed by atoms with van der Waals surface area (Å²) in [5.41, 5.74) is 0.415.